The maximum Gasteiger partial charge on any atom is 0.326 e. The SMILES string of the molecule is CC(=O)Cl.CC(C)C[C@H](N)C(=O)N[C@@H](Cc1ccccc1)C(=O)O. The van der Waals surface area contributed by atoms with E-state index in [9.17, 15) is 19.5 Å². The summed E-state index contributed by atoms with van der Waals surface area (Å²) in [4.78, 5) is 32.3. The summed E-state index contributed by atoms with van der Waals surface area (Å²) in [6, 6.07) is 7.56. The van der Waals surface area contributed by atoms with E-state index in [0.717, 1.165) is 5.56 Å². The molecule has 2 atom stereocenters. The summed E-state index contributed by atoms with van der Waals surface area (Å²) in [6.45, 7) is 5.22. The van der Waals surface area contributed by atoms with Crippen LogP contribution < -0.4 is 11.1 Å². The summed E-state index contributed by atoms with van der Waals surface area (Å²) >= 11 is 4.64. The number of rotatable bonds is 7. The number of halogens is 1. The van der Waals surface area contributed by atoms with Crippen molar-refractivity contribution in [2.45, 2.75) is 45.7 Å². The zero-order valence-corrected chi connectivity index (χ0v) is 14.9. The molecule has 0 spiro atoms. The Labute approximate surface area is 147 Å². The molecule has 0 unspecified atom stereocenters. The van der Waals surface area contributed by atoms with Gasteiger partial charge < -0.3 is 16.2 Å². The topological polar surface area (TPSA) is 109 Å². The molecule has 1 aromatic rings. The van der Waals surface area contributed by atoms with E-state index >= 15 is 0 Å². The smallest absolute Gasteiger partial charge is 0.326 e. The van der Waals surface area contributed by atoms with Crippen LogP contribution in [0.1, 0.15) is 32.8 Å². The Bertz CT molecular complexity index is 531. The lowest BCUT2D eigenvalue weighted by molar-refractivity contribution is -0.142. The zero-order chi connectivity index (χ0) is 18.7. The summed E-state index contributed by atoms with van der Waals surface area (Å²) in [7, 11) is 0. The van der Waals surface area contributed by atoms with E-state index in [2.05, 4.69) is 16.9 Å². The Morgan fingerprint density at radius 1 is 1.21 bits per heavy atom. The van der Waals surface area contributed by atoms with Gasteiger partial charge >= 0.3 is 5.97 Å². The first kappa shape index (κ1) is 22.1. The third-order valence-corrected chi connectivity index (χ3v) is 2.96. The minimum absolute atomic E-state index is 0.246. The molecule has 0 aliphatic carbocycles. The molecule has 24 heavy (non-hydrogen) atoms. The van der Waals surface area contributed by atoms with Gasteiger partial charge in [-0.1, -0.05) is 44.2 Å². The number of carboxylic acid groups (broad SMARTS) is 1. The van der Waals surface area contributed by atoms with E-state index in [1.165, 1.54) is 6.92 Å². The highest BCUT2D eigenvalue weighted by atomic mass is 35.5. The fourth-order valence-electron chi connectivity index (χ4n) is 1.94. The minimum Gasteiger partial charge on any atom is -0.480 e. The molecule has 4 N–H and O–H groups in total. The molecule has 0 bridgehead atoms. The molecule has 1 amide bonds. The summed E-state index contributed by atoms with van der Waals surface area (Å²) in [5.41, 5.74) is 6.61. The highest BCUT2D eigenvalue weighted by molar-refractivity contribution is 6.62. The van der Waals surface area contributed by atoms with Crippen LogP contribution in [0, 0.1) is 5.92 Å². The standard InChI is InChI=1S/C15H22N2O3.C2H3ClO/c1-10(2)8-12(16)14(18)17-13(15(19)20)9-11-6-4-3-5-7-11;1-2(3)4/h3-7,10,12-13H,8-9,16H2,1-2H3,(H,17,18)(H,19,20);1H3/t12-,13-;/m0./s1. The van der Waals surface area contributed by atoms with Crippen LogP contribution in [0.3, 0.4) is 0 Å². The molecule has 134 valence electrons. The van der Waals surface area contributed by atoms with Gasteiger partial charge in [0.25, 0.3) is 0 Å². The first-order valence-electron chi connectivity index (χ1n) is 7.62. The third-order valence-electron chi connectivity index (χ3n) is 2.96. The Balaban J connectivity index is 0.00000118. The Morgan fingerprint density at radius 2 is 1.71 bits per heavy atom. The van der Waals surface area contributed by atoms with Gasteiger partial charge in [0.1, 0.15) is 6.04 Å². The molecule has 0 fully saturated rings. The van der Waals surface area contributed by atoms with E-state index < -0.39 is 24.0 Å². The minimum atomic E-state index is -1.06. The van der Waals surface area contributed by atoms with Crippen LogP contribution in [0.15, 0.2) is 30.3 Å². The van der Waals surface area contributed by atoms with Gasteiger partial charge in [-0.25, -0.2) is 4.79 Å². The molecule has 0 aromatic heterocycles. The summed E-state index contributed by atoms with van der Waals surface area (Å²) in [6.07, 6.45) is 0.778. The Morgan fingerprint density at radius 3 is 2.12 bits per heavy atom. The molecule has 0 aliphatic heterocycles. The third kappa shape index (κ3) is 10.7. The average molecular weight is 357 g/mol. The van der Waals surface area contributed by atoms with Gasteiger partial charge in [-0.15, -0.1) is 0 Å². The van der Waals surface area contributed by atoms with Crippen molar-refractivity contribution >= 4 is 28.7 Å². The number of nitrogens with one attached hydrogen (secondary N) is 1. The van der Waals surface area contributed by atoms with Crippen molar-refractivity contribution < 1.29 is 19.5 Å². The van der Waals surface area contributed by atoms with Crippen LogP contribution in [-0.2, 0) is 20.8 Å². The van der Waals surface area contributed by atoms with E-state index in [4.69, 9.17) is 5.73 Å². The largest absolute Gasteiger partial charge is 0.480 e. The van der Waals surface area contributed by atoms with E-state index in [1.54, 1.807) is 0 Å². The van der Waals surface area contributed by atoms with Gasteiger partial charge in [0.05, 0.1) is 6.04 Å². The lowest BCUT2D eigenvalue weighted by Crippen LogP contribution is -2.49. The zero-order valence-electron chi connectivity index (χ0n) is 14.2. The number of carboxylic acids is 1. The number of benzene rings is 1. The van der Waals surface area contributed by atoms with E-state index in [-0.39, 0.29) is 17.6 Å². The van der Waals surface area contributed by atoms with Crippen LogP contribution in [0.25, 0.3) is 0 Å². The molecular formula is C17H25ClN2O4. The second kappa shape index (κ2) is 11.6. The van der Waals surface area contributed by atoms with Crippen molar-refractivity contribution in [2.24, 2.45) is 11.7 Å². The molecule has 0 aliphatic rings. The van der Waals surface area contributed by atoms with Crippen LogP contribution in [0.4, 0.5) is 0 Å². The molecule has 0 saturated carbocycles. The highest BCUT2D eigenvalue weighted by Gasteiger charge is 2.23. The quantitative estimate of drug-likeness (QED) is 0.647. The first-order chi connectivity index (χ1) is 11.1. The highest BCUT2D eigenvalue weighted by Crippen LogP contribution is 2.06. The van der Waals surface area contributed by atoms with Crippen LogP contribution in [0.5, 0.6) is 0 Å². The van der Waals surface area contributed by atoms with Crippen LogP contribution >= 0.6 is 11.6 Å². The molecule has 0 heterocycles. The summed E-state index contributed by atoms with van der Waals surface area (Å²) in [5, 5.41) is 11.3. The van der Waals surface area contributed by atoms with Gasteiger partial charge in [-0.3, -0.25) is 9.59 Å². The van der Waals surface area contributed by atoms with Crippen LogP contribution in [-0.4, -0.2) is 34.3 Å². The van der Waals surface area contributed by atoms with Gasteiger partial charge in [0, 0.05) is 13.3 Å². The van der Waals surface area contributed by atoms with Crippen LogP contribution in [0.2, 0.25) is 0 Å². The Kier molecular flexibility index (Phi) is 10.7. The van der Waals surface area contributed by atoms with Crippen molar-refractivity contribution in [1.29, 1.82) is 0 Å². The maximum absolute atomic E-state index is 11.9. The van der Waals surface area contributed by atoms with Gasteiger partial charge in [-0.2, -0.15) is 0 Å². The molecule has 6 nitrogen and oxygen atoms in total. The average Bonchev–Trinajstić information content (AvgIpc) is 2.46. The maximum atomic E-state index is 11.9. The van der Waals surface area contributed by atoms with Gasteiger partial charge in [-0.05, 0) is 29.5 Å². The van der Waals surface area contributed by atoms with E-state index in [0.29, 0.717) is 6.42 Å². The molecular weight excluding hydrogens is 332 g/mol. The first-order valence-corrected chi connectivity index (χ1v) is 8.00. The molecule has 7 heteroatoms. The second-order valence-electron chi connectivity index (χ2n) is 5.80. The molecule has 1 rings (SSSR count). The van der Waals surface area contributed by atoms with Crippen molar-refractivity contribution in [3.05, 3.63) is 35.9 Å². The predicted molar refractivity (Wildman–Crippen MR) is 93.7 cm³/mol. The summed E-state index contributed by atoms with van der Waals surface area (Å²) in [5.74, 6) is -1.19. The van der Waals surface area contributed by atoms with Gasteiger partial charge in [0.2, 0.25) is 11.1 Å². The van der Waals surface area contributed by atoms with E-state index in [1.807, 2.05) is 44.2 Å². The lowest BCUT2D eigenvalue weighted by atomic mass is 10.0. The Hall–Kier alpha value is -1.92. The number of hydrogen-bond acceptors (Lipinski definition) is 4. The number of carbonyl (C=O) groups is 3. The number of carbonyl (C=O) groups excluding carboxylic acids is 2. The van der Waals surface area contributed by atoms with Crippen molar-refractivity contribution in [2.75, 3.05) is 0 Å². The lowest BCUT2D eigenvalue weighted by Gasteiger charge is -2.19. The molecule has 0 saturated heterocycles. The van der Waals surface area contributed by atoms with Crippen molar-refractivity contribution in [3.63, 3.8) is 0 Å². The summed E-state index contributed by atoms with van der Waals surface area (Å²) < 4.78 is 0. The fraction of sp³-hybridized carbons (Fsp3) is 0.471. The fourth-order valence-corrected chi connectivity index (χ4v) is 1.94. The number of aliphatic carboxylic acids is 1. The van der Waals surface area contributed by atoms with Crippen molar-refractivity contribution in [1.82, 2.24) is 5.32 Å². The second-order valence-corrected chi connectivity index (χ2v) is 6.33. The predicted octanol–water partition coefficient (Wildman–Crippen LogP) is 1.94. The molecule has 1 aromatic carbocycles. The monoisotopic (exact) mass is 356 g/mol. The number of amides is 1. The van der Waals surface area contributed by atoms with Gasteiger partial charge in [0.15, 0.2) is 0 Å². The normalized spacial score (nSPS) is 12.6. The van der Waals surface area contributed by atoms with Crippen molar-refractivity contribution in [3.8, 4) is 0 Å². The number of nitrogens with two attached hydrogens (primary N) is 1. The number of hydrogen-bond donors (Lipinski definition) is 3. The molecule has 0 radical (unpaired) electrons.